The molecule has 0 unspecified atom stereocenters. The average molecular weight is 413 g/mol. The van der Waals surface area contributed by atoms with Crippen LogP contribution in [-0.4, -0.2) is 16.3 Å². The van der Waals surface area contributed by atoms with Gasteiger partial charge in [-0.2, -0.15) is 0 Å². The van der Waals surface area contributed by atoms with Gasteiger partial charge < -0.3 is 9.84 Å². The molecule has 2 aromatic rings. The van der Waals surface area contributed by atoms with E-state index in [0.717, 1.165) is 47.9 Å². The molecule has 0 radical (unpaired) electrons. The van der Waals surface area contributed by atoms with Crippen LogP contribution in [0, 0.1) is 17.7 Å². The van der Waals surface area contributed by atoms with Crippen molar-refractivity contribution in [2.75, 3.05) is 0 Å². The van der Waals surface area contributed by atoms with E-state index in [1.165, 1.54) is 11.6 Å². The van der Waals surface area contributed by atoms with E-state index < -0.39 is 5.82 Å². The number of halogens is 2. The van der Waals surface area contributed by atoms with Crippen LogP contribution in [0.3, 0.4) is 0 Å². The molecule has 2 aromatic carbocycles. The zero-order valence-corrected chi connectivity index (χ0v) is 17.8. The second-order valence-corrected chi connectivity index (χ2v) is 9.64. The van der Waals surface area contributed by atoms with E-state index in [9.17, 15) is 9.50 Å². The normalized spacial score (nSPS) is 32.9. The minimum atomic E-state index is -0.419. The van der Waals surface area contributed by atoms with E-state index in [0.29, 0.717) is 11.7 Å². The first kappa shape index (κ1) is 19.1. The van der Waals surface area contributed by atoms with Crippen LogP contribution in [0.4, 0.5) is 4.39 Å². The van der Waals surface area contributed by atoms with Gasteiger partial charge in [-0.15, -0.1) is 0 Å². The van der Waals surface area contributed by atoms with Crippen molar-refractivity contribution in [2.24, 2.45) is 11.8 Å². The summed E-state index contributed by atoms with van der Waals surface area (Å²) in [6, 6.07) is 11.1. The Hall–Kier alpha value is -1.84. The van der Waals surface area contributed by atoms with Gasteiger partial charge in [0.05, 0.1) is 22.1 Å². The Labute approximate surface area is 176 Å². The topological polar surface area (TPSA) is 29.5 Å². The summed E-state index contributed by atoms with van der Waals surface area (Å²) in [6.45, 7) is 6.48. The summed E-state index contributed by atoms with van der Waals surface area (Å²) in [7, 11) is 0. The van der Waals surface area contributed by atoms with Crippen LogP contribution in [0.15, 0.2) is 42.2 Å². The predicted molar refractivity (Wildman–Crippen MR) is 114 cm³/mol. The van der Waals surface area contributed by atoms with Gasteiger partial charge in [0, 0.05) is 5.92 Å². The molecule has 0 saturated carbocycles. The molecule has 2 saturated heterocycles. The third kappa shape index (κ3) is 2.70. The van der Waals surface area contributed by atoms with Crippen LogP contribution in [0.2, 0.25) is 5.02 Å². The van der Waals surface area contributed by atoms with Gasteiger partial charge in [0.1, 0.15) is 11.6 Å². The number of aliphatic hydroxyl groups excluding tert-OH is 1. The smallest absolute Gasteiger partial charge is 0.142 e. The van der Waals surface area contributed by atoms with Crippen molar-refractivity contribution >= 4 is 17.2 Å². The Morgan fingerprint density at radius 3 is 2.48 bits per heavy atom. The molecular formula is C25H26ClFO2. The maximum atomic E-state index is 14.0. The van der Waals surface area contributed by atoms with Gasteiger partial charge in [0.15, 0.2) is 0 Å². The van der Waals surface area contributed by atoms with Gasteiger partial charge in [0.2, 0.25) is 0 Å². The SMILES string of the molecule is CCc1ccc(-c2ccc(Cl)c(F)c2)cc1C1=C(O)[C@H]2[C@@H](C1)[C@]1(C)CC[C@@]2(C)O1. The van der Waals surface area contributed by atoms with E-state index in [4.69, 9.17) is 16.3 Å². The number of hydrogen-bond acceptors (Lipinski definition) is 2. The van der Waals surface area contributed by atoms with Crippen molar-refractivity contribution in [2.45, 2.75) is 57.7 Å². The van der Waals surface area contributed by atoms with Crippen molar-refractivity contribution in [3.05, 3.63) is 64.1 Å². The molecule has 3 aliphatic rings. The van der Waals surface area contributed by atoms with E-state index >= 15 is 0 Å². The molecule has 2 fully saturated rings. The van der Waals surface area contributed by atoms with Crippen molar-refractivity contribution < 1.29 is 14.2 Å². The third-order valence-electron chi connectivity index (χ3n) is 7.53. The average Bonchev–Trinajstić information content (AvgIpc) is 3.29. The Morgan fingerprint density at radius 1 is 1.10 bits per heavy atom. The number of rotatable bonds is 3. The maximum Gasteiger partial charge on any atom is 0.142 e. The highest BCUT2D eigenvalue weighted by Crippen LogP contribution is 2.65. The number of allylic oxidation sites excluding steroid dienone is 1. The quantitative estimate of drug-likeness (QED) is 0.590. The molecule has 29 heavy (non-hydrogen) atoms. The fourth-order valence-electron chi connectivity index (χ4n) is 5.98. The molecule has 4 heteroatoms. The fourth-order valence-corrected chi connectivity index (χ4v) is 6.10. The van der Waals surface area contributed by atoms with E-state index in [1.54, 1.807) is 6.07 Å². The van der Waals surface area contributed by atoms with E-state index in [1.807, 2.05) is 12.1 Å². The Balaban J connectivity index is 1.61. The molecule has 2 nitrogen and oxygen atoms in total. The Bertz CT molecular complexity index is 1050. The standard InChI is InChI=1S/C25H26ClFO2/c1-4-14-5-6-15(16-7-8-20(26)21(27)12-16)11-17(14)18-13-19-22(23(18)28)25(3)10-9-24(19,2)29-25/h5-8,11-12,19,22,28H,4,9-10,13H2,1-3H3/t19-,22-,24+,25-/m1/s1. The fraction of sp³-hybridized carbons (Fsp3) is 0.440. The van der Waals surface area contributed by atoms with Gasteiger partial charge >= 0.3 is 0 Å². The summed E-state index contributed by atoms with van der Waals surface area (Å²) in [5.41, 5.74) is 4.62. The molecule has 152 valence electrons. The number of aryl methyl sites for hydroxylation is 1. The molecule has 2 heterocycles. The number of benzene rings is 2. The number of aliphatic hydroxyl groups is 1. The van der Waals surface area contributed by atoms with Gasteiger partial charge in [0.25, 0.3) is 0 Å². The lowest BCUT2D eigenvalue weighted by Crippen LogP contribution is -2.36. The minimum Gasteiger partial charge on any atom is -0.512 e. The summed E-state index contributed by atoms with van der Waals surface area (Å²) in [5, 5.41) is 11.4. The first-order valence-corrected chi connectivity index (χ1v) is 10.8. The van der Waals surface area contributed by atoms with Crippen LogP contribution >= 0.6 is 11.6 Å². The first-order chi connectivity index (χ1) is 13.8. The number of fused-ring (bicyclic) bond motifs is 5. The van der Waals surface area contributed by atoms with Crippen molar-refractivity contribution in [1.29, 1.82) is 0 Å². The molecule has 0 amide bonds. The third-order valence-corrected chi connectivity index (χ3v) is 7.83. The van der Waals surface area contributed by atoms with Gasteiger partial charge in [-0.05, 0) is 85.6 Å². The minimum absolute atomic E-state index is 0.0672. The summed E-state index contributed by atoms with van der Waals surface area (Å²) >= 11 is 5.86. The summed E-state index contributed by atoms with van der Waals surface area (Å²) in [4.78, 5) is 0. The van der Waals surface area contributed by atoms with E-state index in [2.05, 4.69) is 32.9 Å². The molecule has 4 atom stereocenters. The van der Waals surface area contributed by atoms with Crippen molar-refractivity contribution in [3.63, 3.8) is 0 Å². The highest BCUT2D eigenvalue weighted by Gasteiger charge is 2.66. The zero-order valence-electron chi connectivity index (χ0n) is 17.1. The van der Waals surface area contributed by atoms with Crippen molar-refractivity contribution in [1.82, 2.24) is 0 Å². The lowest BCUT2D eigenvalue weighted by molar-refractivity contribution is -0.0440. The van der Waals surface area contributed by atoms with Crippen LogP contribution in [0.25, 0.3) is 16.7 Å². The molecule has 0 spiro atoms. The second kappa shape index (κ2) is 6.33. The van der Waals surface area contributed by atoms with Crippen LogP contribution in [0.5, 0.6) is 0 Å². The van der Waals surface area contributed by atoms with E-state index in [-0.39, 0.29) is 22.1 Å². The number of hydrogen-bond donors (Lipinski definition) is 1. The van der Waals surface area contributed by atoms with Crippen LogP contribution in [-0.2, 0) is 11.2 Å². The Morgan fingerprint density at radius 2 is 1.79 bits per heavy atom. The molecule has 0 aromatic heterocycles. The first-order valence-electron chi connectivity index (χ1n) is 10.5. The zero-order chi connectivity index (χ0) is 20.6. The lowest BCUT2D eigenvalue weighted by Gasteiger charge is -2.31. The molecule has 1 N–H and O–H groups in total. The van der Waals surface area contributed by atoms with Crippen LogP contribution in [0.1, 0.15) is 51.2 Å². The number of ether oxygens (including phenoxy) is 1. The Kier molecular flexibility index (Phi) is 4.18. The second-order valence-electron chi connectivity index (χ2n) is 9.23. The lowest BCUT2D eigenvalue weighted by atomic mass is 9.69. The van der Waals surface area contributed by atoms with Crippen LogP contribution < -0.4 is 0 Å². The maximum absolute atomic E-state index is 14.0. The largest absolute Gasteiger partial charge is 0.512 e. The van der Waals surface area contributed by atoms with Crippen molar-refractivity contribution in [3.8, 4) is 11.1 Å². The van der Waals surface area contributed by atoms with Gasteiger partial charge in [-0.25, -0.2) is 4.39 Å². The molecule has 1 aliphatic carbocycles. The molecule has 5 rings (SSSR count). The summed E-state index contributed by atoms with van der Waals surface area (Å²) in [5.74, 6) is 0.461. The molecule has 2 aliphatic heterocycles. The highest BCUT2D eigenvalue weighted by atomic mass is 35.5. The summed E-state index contributed by atoms with van der Waals surface area (Å²) in [6.07, 6.45) is 3.75. The summed E-state index contributed by atoms with van der Waals surface area (Å²) < 4.78 is 20.4. The monoisotopic (exact) mass is 412 g/mol. The van der Waals surface area contributed by atoms with Gasteiger partial charge in [-0.3, -0.25) is 0 Å². The van der Waals surface area contributed by atoms with Gasteiger partial charge in [-0.1, -0.05) is 36.7 Å². The molecular weight excluding hydrogens is 387 g/mol. The highest BCUT2D eigenvalue weighted by molar-refractivity contribution is 6.30. The molecule has 2 bridgehead atoms. The predicted octanol–water partition coefficient (Wildman–Crippen LogP) is 6.96.